The summed E-state index contributed by atoms with van der Waals surface area (Å²) < 4.78 is 5.76. The average Bonchev–Trinajstić information content (AvgIpc) is 3.43. The minimum atomic E-state index is -1.02. The molecule has 0 saturated heterocycles. The lowest BCUT2D eigenvalue weighted by atomic mass is 10.00. The van der Waals surface area contributed by atoms with Gasteiger partial charge in [-0.1, -0.05) is 62.7 Å². The highest BCUT2D eigenvalue weighted by atomic mass is 16.4. The van der Waals surface area contributed by atoms with Gasteiger partial charge in [-0.25, -0.2) is 4.98 Å². The van der Waals surface area contributed by atoms with Crippen molar-refractivity contribution in [2.24, 2.45) is 5.92 Å². The zero-order valence-electron chi connectivity index (χ0n) is 26.7. The quantitative estimate of drug-likeness (QED) is 0.218. The molecule has 3 rings (SSSR count). The number of carbonyl (C=O) groups is 5. The summed E-state index contributed by atoms with van der Waals surface area (Å²) in [7, 11) is 0. The van der Waals surface area contributed by atoms with Crippen molar-refractivity contribution in [1.29, 1.82) is 0 Å². The van der Waals surface area contributed by atoms with Gasteiger partial charge in [0.05, 0.1) is 6.04 Å². The molecule has 4 atom stereocenters. The zero-order chi connectivity index (χ0) is 32.7. The number of oxazole rings is 1. The van der Waals surface area contributed by atoms with Crippen LogP contribution in [0.15, 0.2) is 40.8 Å². The lowest BCUT2D eigenvalue weighted by Crippen LogP contribution is -2.58. The number of rotatable bonds is 13. The molecule has 11 nitrogen and oxygen atoms in total. The number of hydrogen-bond donors (Lipinski definition) is 4. The van der Waals surface area contributed by atoms with Crippen LogP contribution in [0.5, 0.6) is 0 Å². The van der Waals surface area contributed by atoms with Crippen molar-refractivity contribution in [1.82, 2.24) is 26.3 Å². The molecular formula is C33H43N5O6. The van der Waals surface area contributed by atoms with Crippen molar-refractivity contribution in [2.45, 2.75) is 92.4 Å². The van der Waals surface area contributed by atoms with Crippen LogP contribution in [-0.4, -0.2) is 58.6 Å². The summed E-state index contributed by atoms with van der Waals surface area (Å²) in [4.78, 5) is 69.0. The number of amides is 4. The number of benzene rings is 2. The first kappa shape index (κ1) is 34.0. The van der Waals surface area contributed by atoms with Crippen LogP contribution in [0.2, 0.25) is 0 Å². The van der Waals surface area contributed by atoms with E-state index in [-0.39, 0.29) is 30.6 Å². The molecule has 11 heteroatoms. The van der Waals surface area contributed by atoms with Gasteiger partial charge in [0.1, 0.15) is 23.6 Å². The fraction of sp³-hybridized carbons (Fsp3) is 0.455. The molecule has 0 radical (unpaired) electrons. The second kappa shape index (κ2) is 14.8. The number of hydrogen-bond acceptors (Lipinski definition) is 7. The molecule has 0 unspecified atom stereocenters. The molecule has 0 aliphatic heterocycles. The molecular weight excluding hydrogens is 562 g/mol. The Morgan fingerprint density at radius 3 is 1.98 bits per heavy atom. The smallest absolute Gasteiger partial charge is 0.266 e. The molecule has 236 valence electrons. The second-order valence-corrected chi connectivity index (χ2v) is 11.6. The van der Waals surface area contributed by atoms with Crippen LogP contribution in [0.4, 0.5) is 0 Å². The first-order chi connectivity index (χ1) is 20.7. The average molecular weight is 606 g/mol. The van der Waals surface area contributed by atoms with E-state index in [0.29, 0.717) is 11.1 Å². The monoisotopic (exact) mass is 605 g/mol. The van der Waals surface area contributed by atoms with Crippen molar-refractivity contribution in [3.8, 4) is 0 Å². The number of nitrogens with one attached hydrogen (secondary N) is 4. The molecule has 0 aliphatic rings. The van der Waals surface area contributed by atoms with Crippen molar-refractivity contribution < 1.29 is 28.4 Å². The molecule has 0 bridgehead atoms. The van der Waals surface area contributed by atoms with E-state index >= 15 is 0 Å². The Hall–Kier alpha value is -4.54. The van der Waals surface area contributed by atoms with Gasteiger partial charge in [0.15, 0.2) is 5.58 Å². The summed E-state index contributed by atoms with van der Waals surface area (Å²) >= 11 is 0. The Morgan fingerprint density at radius 2 is 1.41 bits per heavy atom. The maximum absolute atomic E-state index is 13.3. The first-order valence-corrected chi connectivity index (χ1v) is 14.9. The highest BCUT2D eigenvalue weighted by Gasteiger charge is 2.32. The molecule has 2 aromatic carbocycles. The van der Waals surface area contributed by atoms with Gasteiger partial charge in [0, 0.05) is 13.3 Å². The van der Waals surface area contributed by atoms with E-state index in [1.165, 1.54) is 13.8 Å². The number of nitrogens with zero attached hydrogens (tertiary/aromatic N) is 1. The maximum Gasteiger partial charge on any atom is 0.266 e. The second-order valence-electron chi connectivity index (χ2n) is 11.6. The third-order valence-corrected chi connectivity index (χ3v) is 7.45. The summed E-state index contributed by atoms with van der Waals surface area (Å²) in [6.07, 6.45) is 0.515. The Bertz CT molecular complexity index is 1490. The number of aromatic nitrogens is 1. The lowest BCUT2D eigenvalue weighted by molar-refractivity contribution is -0.134. The topological polar surface area (TPSA) is 160 Å². The molecule has 0 spiro atoms. The Balaban J connectivity index is 1.66. The van der Waals surface area contributed by atoms with Crippen LogP contribution in [0.1, 0.15) is 74.0 Å². The third-order valence-electron chi connectivity index (χ3n) is 7.45. The van der Waals surface area contributed by atoms with Gasteiger partial charge in [0.2, 0.25) is 29.4 Å². The van der Waals surface area contributed by atoms with Gasteiger partial charge >= 0.3 is 0 Å². The maximum atomic E-state index is 13.3. The molecule has 1 aromatic heterocycles. The van der Waals surface area contributed by atoms with Crippen molar-refractivity contribution in [2.75, 3.05) is 0 Å². The standard InChI is InChI=1S/C33H43N5O6/c1-9-24(28(40)33-38-27-19(5)12-13-20(6)29(27)44-33)36-30(41)21(7)34-32(43)26(17(2)3)37-31(42)25(35-22(8)39)16-23-14-10-18(4)11-15-23/h10-15,17,21,24-26H,9,16H2,1-8H3,(H,34,43)(H,35,39)(H,36,41)(H,37,42)/t21-,24-,25-,26-/m0/s1. The van der Waals surface area contributed by atoms with Crippen molar-refractivity contribution >= 4 is 40.5 Å². The summed E-state index contributed by atoms with van der Waals surface area (Å²) in [5, 5.41) is 10.7. The van der Waals surface area contributed by atoms with E-state index in [1.807, 2.05) is 57.2 Å². The number of ketones is 1. The van der Waals surface area contributed by atoms with E-state index in [0.717, 1.165) is 22.3 Å². The highest BCUT2D eigenvalue weighted by Crippen LogP contribution is 2.23. The van der Waals surface area contributed by atoms with Crippen molar-refractivity contribution in [3.05, 3.63) is 64.5 Å². The summed E-state index contributed by atoms with van der Waals surface area (Å²) in [6.45, 7) is 13.8. The minimum absolute atomic E-state index is 0.0943. The Kier molecular flexibility index (Phi) is 11.4. The number of fused-ring (bicyclic) bond motifs is 1. The molecule has 0 aliphatic carbocycles. The van der Waals surface area contributed by atoms with Gasteiger partial charge in [-0.15, -0.1) is 0 Å². The van der Waals surface area contributed by atoms with Crippen LogP contribution < -0.4 is 21.3 Å². The molecule has 4 N–H and O–H groups in total. The van der Waals surface area contributed by atoms with Gasteiger partial charge in [-0.3, -0.25) is 24.0 Å². The van der Waals surface area contributed by atoms with E-state index in [4.69, 9.17) is 4.42 Å². The van der Waals surface area contributed by atoms with Gasteiger partial charge in [-0.05, 0) is 56.7 Å². The summed E-state index contributed by atoms with van der Waals surface area (Å²) in [6, 6.07) is 7.55. The van der Waals surface area contributed by atoms with Crippen LogP contribution in [-0.2, 0) is 25.6 Å². The van der Waals surface area contributed by atoms with Gasteiger partial charge in [0.25, 0.3) is 5.89 Å². The van der Waals surface area contributed by atoms with Crippen LogP contribution in [0.3, 0.4) is 0 Å². The molecule has 44 heavy (non-hydrogen) atoms. The Morgan fingerprint density at radius 1 is 0.773 bits per heavy atom. The molecule has 1 heterocycles. The fourth-order valence-corrected chi connectivity index (χ4v) is 4.74. The molecule has 3 aromatic rings. The predicted octanol–water partition coefficient (Wildman–Crippen LogP) is 3.22. The van der Waals surface area contributed by atoms with Crippen LogP contribution in [0.25, 0.3) is 11.1 Å². The third kappa shape index (κ3) is 8.52. The molecule has 4 amide bonds. The molecule has 0 fully saturated rings. The largest absolute Gasteiger partial charge is 0.433 e. The van der Waals surface area contributed by atoms with Crippen LogP contribution >= 0.6 is 0 Å². The zero-order valence-corrected chi connectivity index (χ0v) is 26.7. The molecule has 0 saturated carbocycles. The predicted molar refractivity (Wildman–Crippen MR) is 167 cm³/mol. The number of Topliss-reactive ketones (excluding diaryl/α,β-unsaturated/α-hetero) is 1. The SMILES string of the molecule is CC[C@H](NC(=O)[C@H](C)NC(=O)[C@@H](NC(=O)[C@H](Cc1ccc(C)cc1)NC(C)=O)C(C)C)C(=O)c1nc2c(C)ccc(C)c2o1. The lowest BCUT2D eigenvalue weighted by Gasteiger charge is -2.27. The summed E-state index contributed by atoms with van der Waals surface area (Å²) in [5.74, 6) is -2.95. The normalized spacial score (nSPS) is 13.9. The summed E-state index contributed by atoms with van der Waals surface area (Å²) in [5.41, 5.74) is 4.75. The van der Waals surface area contributed by atoms with E-state index < -0.39 is 47.7 Å². The van der Waals surface area contributed by atoms with E-state index in [1.54, 1.807) is 20.8 Å². The highest BCUT2D eigenvalue weighted by molar-refractivity contribution is 6.01. The van der Waals surface area contributed by atoms with Gasteiger partial charge < -0.3 is 25.7 Å². The van der Waals surface area contributed by atoms with Crippen LogP contribution in [0, 0.1) is 26.7 Å². The fourth-order valence-electron chi connectivity index (χ4n) is 4.74. The number of aryl methyl sites for hydroxylation is 3. The van der Waals surface area contributed by atoms with Crippen molar-refractivity contribution in [3.63, 3.8) is 0 Å². The van der Waals surface area contributed by atoms with E-state index in [9.17, 15) is 24.0 Å². The Labute approximate surface area is 257 Å². The minimum Gasteiger partial charge on any atom is -0.433 e. The number of carbonyl (C=O) groups excluding carboxylic acids is 5. The first-order valence-electron chi connectivity index (χ1n) is 14.9. The van der Waals surface area contributed by atoms with Gasteiger partial charge in [-0.2, -0.15) is 0 Å². The van der Waals surface area contributed by atoms with E-state index in [2.05, 4.69) is 26.3 Å².